The Kier molecular flexibility index (Phi) is 6.16. The molecule has 0 fully saturated rings. The van der Waals surface area contributed by atoms with Gasteiger partial charge in [0.1, 0.15) is 0 Å². The molecule has 25 heavy (non-hydrogen) atoms. The first-order valence-electron chi connectivity index (χ1n) is 7.70. The van der Waals surface area contributed by atoms with E-state index in [0.29, 0.717) is 13.0 Å². The summed E-state index contributed by atoms with van der Waals surface area (Å²) in [7, 11) is -7.09. The number of benzene rings is 2. The number of nitrogens with zero attached hydrogens (tertiary/aromatic N) is 1. The molecule has 0 unspecified atom stereocenters. The lowest BCUT2D eigenvalue weighted by Crippen LogP contribution is -2.33. The second-order valence-electron chi connectivity index (χ2n) is 5.63. The lowest BCUT2D eigenvalue weighted by molar-refractivity contribution is 0.445. The van der Waals surface area contributed by atoms with Gasteiger partial charge in [0.15, 0.2) is 9.84 Å². The predicted octanol–water partition coefficient (Wildman–Crippen LogP) is 2.51. The minimum absolute atomic E-state index is 0.0646. The van der Waals surface area contributed by atoms with Crippen LogP contribution in [0.2, 0.25) is 0 Å². The second-order valence-corrected chi connectivity index (χ2v) is 9.58. The van der Waals surface area contributed by atoms with E-state index in [-0.39, 0.29) is 16.3 Å². The van der Waals surface area contributed by atoms with Crippen LogP contribution in [0, 0.1) is 0 Å². The summed E-state index contributed by atoms with van der Waals surface area (Å²) < 4.78 is 50.0. The molecule has 0 saturated heterocycles. The summed E-state index contributed by atoms with van der Waals surface area (Å²) in [6.07, 6.45) is 3.20. The molecule has 0 heterocycles. The molecule has 0 aliphatic carbocycles. The van der Waals surface area contributed by atoms with Gasteiger partial charge in [0.25, 0.3) is 0 Å². The highest BCUT2D eigenvalue weighted by atomic mass is 32.2. The zero-order valence-corrected chi connectivity index (χ0v) is 15.6. The maximum atomic E-state index is 12.8. The normalized spacial score (nSPS) is 12.2. The lowest BCUT2D eigenvalue weighted by atomic mass is 10.1. The maximum absolute atomic E-state index is 12.8. The van der Waals surface area contributed by atoms with Gasteiger partial charge in [-0.05, 0) is 36.2 Å². The highest BCUT2D eigenvalue weighted by Crippen LogP contribution is 2.19. The summed E-state index contributed by atoms with van der Waals surface area (Å²) in [4.78, 5) is 0.154. The van der Waals surface area contributed by atoms with Crippen molar-refractivity contribution in [1.29, 1.82) is 0 Å². The topological polar surface area (TPSA) is 71.5 Å². The quantitative estimate of drug-likeness (QED) is 0.661. The van der Waals surface area contributed by atoms with Crippen molar-refractivity contribution < 1.29 is 16.8 Å². The number of hydrogen-bond acceptors (Lipinski definition) is 4. The minimum Gasteiger partial charge on any atom is -0.224 e. The number of rotatable bonds is 8. The fourth-order valence-corrected chi connectivity index (χ4v) is 4.40. The van der Waals surface area contributed by atoms with Crippen LogP contribution in [0.1, 0.15) is 5.56 Å². The summed E-state index contributed by atoms with van der Waals surface area (Å²) in [6.45, 7) is 4.12. The van der Waals surface area contributed by atoms with Crippen molar-refractivity contribution in [3.8, 4) is 0 Å². The number of sulfonamides is 1. The average Bonchev–Trinajstić information content (AvgIpc) is 2.58. The standard InChI is InChI=1S/C18H21NO4S2/c1-3-14-19(15-13-16-7-5-4-6-8-16)25(22,23)18-11-9-17(10-12-18)24(2,20)21/h3-12H,1,13-15H2,2H3. The first-order valence-corrected chi connectivity index (χ1v) is 11.0. The third kappa shape index (κ3) is 5.01. The molecule has 0 bridgehead atoms. The minimum atomic E-state index is -3.73. The predicted molar refractivity (Wildman–Crippen MR) is 98.7 cm³/mol. The molecule has 134 valence electrons. The van der Waals surface area contributed by atoms with Crippen molar-refractivity contribution in [2.24, 2.45) is 0 Å². The van der Waals surface area contributed by atoms with Gasteiger partial charge < -0.3 is 0 Å². The van der Waals surface area contributed by atoms with E-state index in [0.717, 1.165) is 11.8 Å². The van der Waals surface area contributed by atoms with E-state index in [1.54, 1.807) is 0 Å². The fourth-order valence-electron chi connectivity index (χ4n) is 2.36. The summed E-state index contributed by atoms with van der Waals surface area (Å²) in [5.74, 6) is 0. The van der Waals surface area contributed by atoms with Crippen LogP contribution in [0.4, 0.5) is 0 Å². The van der Waals surface area contributed by atoms with Crippen LogP contribution in [0.5, 0.6) is 0 Å². The van der Waals surface area contributed by atoms with Crippen LogP contribution in [-0.4, -0.2) is 40.5 Å². The van der Waals surface area contributed by atoms with Gasteiger partial charge in [-0.3, -0.25) is 0 Å². The van der Waals surface area contributed by atoms with Gasteiger partial charge >= 0.3 is 0 Å². The molecular weight excluding hydrogens is 358 g/mol. The van der Waals surface area contributed by atoms with Crippen LogP contribution >= 0.6 is 0 Å². The van der Waals surface area contributed by atoms with E-state index in [9.17, 15) is 16.8 Å². The summed E-state index contributed by atoms with van der Waals surface area (Å²) in [6, 6.07) is 14.9. The highest BCUT2D eigenvalue weighted by Gasteiger charge is 2.23. The second kappa shape index (κ2) is 7.95. The Morgan fingerprint density at radius 3 is 2.00 bits per heavy atom. The zero-order chi connectivity index (χ0) is 18.5. The Labute approximate surface area is 149 Å². The summed E-state index contributed by atoms with van der Waals surface area (Å²) >= 11 is 0. The van der Waals surface area contributed by atoms with Gasteiger partial charge in [-0.25, -0.2) is 16.8 Å². The first kappa shape index (κ1) is 19.4. The van der Waals surface area contributed by atoms with Crippen LogP contribution < -0.4 is 0 Å². The Balaban J connectivity index is 2.24. The molecule has 2 rings (SSSR count). The van der Waals surface area contributed by atoms with Gasteiger partial charge in [0.05, 0.1) is 9.79 Å². The Bertz CT molecular complexity index is 919. The Morgan fingerprint density at radius 2 is 1.48 bits per heavy atom. The van der Waals surface area contributed by atoms with Crippen molar-refractivity contribution in [2.75, 3.05) is 19.3 Å². The smallest absolute Gasteiger partial charge is 0.224 e. The molecular formula is C18H21NO4S2. The highest BCUT2D eigenvalue weighted by molar-refractivity contribution is 7.90. The van der Waals surface area contributed by atoms with Gasteiger partial charge in [-0.1, -0.05) is 36.4 Å². The number of sulfone groups is 1. The van der Waals surface area contributed by atoms with E-state index in [1.165, 1.54) is 34.6 Å². The lowest BCUT2D eigenvalue weighted by Gasteiger charge is -2.21. The molecule has 7 heteroatoms. The van der Waals surface area contributed by atoms with Gasteiger partial charge in [-0.2, -0.15) is 4.31 Å². The molecule has 0 aliphatic rings. The third-order valence-corrected chi connectivity index (χ3v) is 6.72. The van der Waals surface area contributed by atoms with Crippen molar-refractivity contribution in [1.82, 2.24) is 4.31 Å². The van der Waals surface area contributed by atoms with E-state index >= 15 is 0 Å². The molecule has 5 nitrogen and oxygen atoms in total. The van der Waals surface area contributed by atoms with Crippen molar-refractivity contribution >= 4 is 19.9 Å². The van der Waals surface area contributed by atoms with E-state index in [1.807, 2.05) is 30.3 Å². The number of hydrogen-bond donors (Lipinski definition) is 0. The van der Waals surface area contributed by atoms with Crippen LogP contribution in [0.3, 0.4) is 0 Å². The maximum Gasteiger partial charge on any atom is 0.243 e. The van der Waals surface area contributed by atoms with Crippen LogP contribution in [0.15, 0.2) is 77.0 Å². The Hall–Kier alpha value is -1.96. The van der Waals surface area contributed by atoms with Gasteiger partial charge in [-0.15, -0.1) is 6.58 Å². The van der Waals surface area contributed by atoms with Crippen molar-refractivity contribution in [3.05, 3.63) is 72.8 Å². The zero-order valence-electron chi connectivity index (χ0n) is 14.0. The molecule has 0 spiro atoms. The average molecular weight is 380 g/mol. The summed E-state index contributed by atoms with van der Waals surface area (Å²) in [5, 5.41) is 0. The molecule has 0 atom stereocenters. The summed E-state index contributed by atoms with van der Waals surface area (Å²) in [5.41, 5.74) is 1.04. The molecule has 0 aromatic heterocycles. The van der Waals surface area contributed by atoms with Crippen LogP contribution in [0.25, 0.3) is 0 Å². The van der Waals surface area contributed by atoms with E-state index in [4.69, 9.17) is 0 Å². The largest absolute Gasteiger partial charge is 0.243 e. The van der Waals surface area contributed by atoms with Crippen molar-refractivity contribution in [2.45, 2.75) is 16.2 Å². The molecule has 2 aromatic rings. The van der Waals surface area contributed by atoms with Crippen LogP contribution in [-0.2, 0) is 26.3 Å². The monoisotopic (exact) mass is 379 g/mol. The van der Waals surface area contributed by atoms with E-state index in [2.05, 4.69) is 6.58 Å². The van der Waals surface area contributed by atoms with Crippen molar-refractivity contribution in [3.63, 3.8) is 0 Å². The fraction of sp³-hybridized carbons (Fsp3) is 0.222. The third-order valence-electron chi connectivity index (χ3n) is 3.72. The molecule has 0 amide bonds. The van der Waals surface area contributed by atoms with Gasteiger partial charge in [0.2, 0.25) is 10.0 Å². The Morgan fingerprint density at radius 1 is 0.920 bits per heavy atom. The molecule has 0 aliphatic heterocycles. The SMILES string of the molecule is C=CCN(CCc1ccccc1)S(=O)(=O)c1ccc(S(C)(=O)=O)cc1. The molecule has 0 radical (unpaired) electrons. The van der Waals surface area contributed by atoms with Gasteiger partial charge in [0, 0.05) is 19.3 Å². The molecule has 0 saturated carbocycles. The van der Waals surface area contributed by atoms with E-state index < -0.39 is 19.9 Å². The molecule has 0 N–H and O–H groups in total. The first-order chi connectivity index (χ1) is 11.7. The molecule has 2 aromatic carbocycles.